The molecule has 0 fully saturated rings. The van der Waals surface area contributed by atoms with Crippen LogP contribution in [-0.2, 0) is 9.59 Å². The molecule has 0 N–H and O–H groups in total. The molecule has 0 heterocycles. The highest BCUT2D eigenvalue weighted by Gasteiger charge is 2.23. The zero-order chi connectivity index (χ0) is 20.0. The van der Waals surface area contributed by atoms with Crippen molar-refractivity contribution in [2.75, 3.05) is 14.2 Å². The summed E-state index contributed by atoms with van der Waals surface area (Å²) < 4.78 is 21.4. The Kier molecular flexibility index (Phi) is 6.60. The van der Waals surface area contributed by atoms with E-state index in [9.17, 15) is 9.59 Å². The molecule has 2 aromatic carbocycles. The largest absolute Gasteiger partial charge is 0.496 e. The van der Waals surface area contributed by atoms with Gasteiger partial charge in [0.25, 0.3) is 0 Å². The number of methoxy groups -OCH3 is 2. The number of hydrogen-bond donors (Lipinski definition) is 0. The van der Waals surface area contributed by atoms with E-state index in [1.54, 1.807) is 30.3 Å². The summed E-state index contributed by atoms with van der Waals surface area (Å²) >= 11 is 0. The number of hydrogen-bond acceptors (Lipinski definition) is 6. The molecule has 0 aromatic heterocycles. The summed E-state index contributed by atoms with van der Waals surface area (Å²) in [5.41, 5.74) is 1.41. The summed E-state index contributed by atoms with van der Waals surface area (Å²) in [6.45, 7) is 6.56. The number of benzene rings is 2. The second-order valence-electron chi connectivity index (χ2n) is 5.68. The first-order valence-electron chi connectivity index (χ1n) is 8.25. The van der Waals surface area contributed by atoms with Gasteiger partial charge in [0.2, 0.25) is 0 Å². The van der Waals surface area contributed by atoms with Gasteiger partial charge in [0.15, 0.2) is 11.5 Å². The van der Waals surface area contributed by atoms with Crippen LogP contribution in [0.25, 0.3) is 0 Å². The van der Waals surface area contributed by atoms with E-state index in [0.29, 0.717) is 22.8 Å². The van der Waals surface area contributed by atoms with Crippen molar-refractivity contribution in [1.29, 1.82) is 0 Å². The highest BCUT2D eigenvalue weighted by Crippen LogP contribution is 2.42. The third kappa shape index (κ3) is 4.67. The van der Waals surface area contributed by atoms with Crippen LogP contribution < -0.4 is 18.9 Å². The van der Waals surface area contributed by atoms with E-state index in [-0.39, 0.29) is 11.7 Å². The molecule has 0 radical (unpaired) electrons. The lowest BCUT2D eigenvalue weighted by molar-refractivity contribution is -0.132. The molecule has 0 unspecified atom stereocenters. The highest BCUT2D eigenvalue weighted by atomic mass is 16.6. The summed E-state index contributed by atoms with van der Waals surface area (Å²) in [6, 6.07) is 10.4. The molecule has 0 saturated heterocycles. The quantitative estimate of drug-likeness (QED) is 0.419. The Morgan fingerprint density at radius 3 is 2.00 bits per heavy atom. The molecule has 0 saturated carbocycles. The van der Waals surface area contributed by atoms with Gasteiger partial charge in [-0.1, -0.05) is 24.3 Å². The van der Waals surface area contributed by atoms with E-state index in [0.717, 1.165) is 5.56 Å². The van der Waals surface area contributed by atoms with Crippen molar-refractivity contribution in [3.05, 3.63) is 60.2 Å². The molecule has 0 amide bonds. The molecular weight excluding hydrogens is 348 g/mol. The summed E-state index contributed by atoms with van der Waals surface area (Å²) in [5, 5.41) is 0. The Labute approximate surface area is 158 Å². The predicted molar refractivity (Wildman–Crippen MR) is 101 cm³/mol. The number of esters is 2. The van der Waals surface area contributed by atoms with Crippen LogP contribution in [-0.4, -0.2) is 26.2 Å². The Morgan fingerprint density at radius 2 is 1.44 bits per heavy atom. The summed E-state index contributed by atoms with van der Waals surface area (Å²) in [6.07, 6.45) is 1.70. The smallest absolute Gasteiger partial charge is 0.308 e. The maximum Gasteiger partial charge on any atom is 0.308 e. The van der Waals surface area contributed by atoms with Crippen molar-refractivity contribution in [2.45, 2.75) is 19.8 Å². The van der Waals surface area contributed by atoms with Gasteiger partial charge in [0.05, 0.1) is 14.2 Å². The fourth-order valence-corrected chi connectivity index (χ4v) is 2.78. The Hall–Kier alpha value is -3.28. The van der Waals surface area contributed by atoms with Crippen LogP contribution >= 0.6 is 0 Å². The van der Waals surface area contributed by atoms with Crippen LogP contribution in [0.2, 0.25) is 0 Å². The molecule has 2 rings (SSSR count). The van der Waals surface area contributed by atoms with E-state index < -0.39 is 11.9 Å². The van der Waals surface area contributed by atoms with Gasteiger partial charge in [-0.2, -0.15) is 0 Å². The minimum atomic E-state index is -0.472. The van der Waals surface area contributed by atoms with Gasteiger partial charge < -0.3 is 18.9 Å². The average Bonchev–Trinajstić information content (AvgIpc) is 2.63. The molecular formula is C21H22O6. The topological polar surface area (TPSA) is 71.1 Å². The minimum Gasteiger partial charge on any atom is -0.496 e. The molecule has 142 valence electrons. The van der Waals surface area contributed by atoms with Crippen LogP contribution in [0.3, 0.4) is 0 Å². The SMILES string of the molecule is C=C[C@H](c1cc(OC(C)=O)c(OC)cc1OC)c1ccccc1OC(C)=O. The van der Waals surface area contributed by atoms with E-state index in [2.05, 4.69) is 6.58 Å². The predicted octanol–water partition coefficient (Wildman–Crippen LogP) is 3.87. The van der Waals surface area contributed by atoms with Gasteiger partial charge in [0, 0.05) is 37.0 Å². The lowest BCUT2D eigenvalue weighted by Gasteiger charge is -2.21. The number of rotatable bonds is 7. The highest BCUT2D eigenvalue weighted by molar-refractivity contribution is 5.72. The van der Waals surface area contributed by atoms with Gasteiger partial charge in [-0.25, -0.2) is 0 Å². The summed E-state index contributed by atoms with van der Waals surface area (Å²) in [4.78, 5) is 22.9. The number of carbonyl (C=O) groups excluding carboxylic acids is 2. The normalized spacial score (nSPS) is 11.3. The van der Waals surface area contributed by atoms with Crippen molar-refractivity contribution in [3.63, 3.8) is 0 Å². The monoisotopic (exact) mass is 370 g/mol. The standard InChI is InChI=1S/C21H22O6/c1-6-15(16-9-7-8-10-18(16)26-13(2)22)17-11-21(27-14(3)23)20(25-5)12-19(17)24-4/h6-12,15H,1H2,2-5H3/t15-/m0/s1. The zero-order valence-corrected chi connectivity index (χ0v) is 15.8. The third-order valence-electron chi connectivity index (χ3n) is 3.85. The zero-order valence-electron chi connectivity index (χ0n) is 15.8. The van der Waals surface area contributed by atoms with Crippen molar-refractivity contribution in [3.8, 4) is 23.0 Å². The molecule has 0 aliphatic rings. The molecule has 0 aliphatic carbocycles. The van der Waals surface area contributed by atoms with Crippen molar-refractivity contribution in [1.82, 2.24) is 0 Å². The Balaban J connectivity index is 2.64. The molecule has 0 bridgehead atoms. The fourth-order valence-electron chi connectivity index (χ4n) is 2.78. The van der Waals surface area contributed by atoms with Gasteiger partial charge in [-0.3, -0.25) is 9.59 Å². The molecule has 0 aliphatic heterocycles. The first kappa shape index (κ1) is 20.0. The molecule has 6 heteroatoms. The average molecular weight is 370 g/mol. The third-order valence-corrected chi connectivity index (χ3v) is 3.85. The van der Waals surface area contributed by atoms with E-state index in [4.69, 9.17) is 18.9 Å². The van der Waals surface area contributed by atoms with Crippen LogP contribution in [0.5, 0.6) is 23.0 Å². The van der Waals surface area contributed by atoms with Crippen LogP contribution in [0.15, 0.2) is 49.1 Å². The number of ether oxygens (including phenoxy) is 4. The van der Waals surface area contributed by atoms with Gasteiger partial charge >= 0.3 is 11.9 Å². The van der Waals surface area contributed by atoms with Crippen molar-refractivity contribution < 1.29 is 28.5 Å². The Morgan fingerprint density at radius 1 is 0.852 bits per heavy atom. The van der Waals surface area contributed by atoms with Crippen molar-refractivity contribution in [2.24, 2.45) is 0 Å². The van der Waals surface area contributed by atoms with E-state index >= 15 is 0 Å². The fraction of sp³-hybridized carbons (Fsp3) is 0.238. The van der Waals surface area contributed by atoms with Crippen LogP contribution in [0, 0.1) is 0 Å². The first-order valence-corrected chi connectivity index (χ1v) is 8.25. The van der Waals surface area contributed by atoms with Crippen LogP contribution in [0.4, 0.5) is 0 Å². The number of para-hydroxylation sites is 1. The second kappa shape index (κ2) is 8.89. The lowest BCUT2D eigenvalue weighted by atomic mass is 9.89. The van der Waals surface area contributed by atoms with Gasteiger partial charge in [-0.05, 0) is 12.1 Å². The maximum absolute atomic E-state index is 11.4. The number of allylic oxidation sites excluding steroid dienone is 1. The van der Waals surface area contributed by atoms with E-state index in [1.165, 1.54) is 28.1 Å². The lowest BCUT2D eigenvalue weighted by Crippen LogP contribution is -2.09. The maximum atomic E-state index is 11.4. The first-order chi connectivity index (χ1) is 12.9. The minimum absolute atomic E-state index is 0.262. The van der Waals surface area contributed by atoms with Crippen molar-refractivity contribution >= 4 is 11.9 Å². The molecule has 2 aromatic rings. The van der Waals surface area contributed by atoms with Crippen LogP contribution in [0.1, 0.15) is 30.9 Å². The van der Waals surface area contributed by atoms with E-state index in [1.807, 2.05) is 12.1 Å². The molecule has 27 heavy (non-hydrogen) atoms. The number of carbonyl (C=O) groups is 2. The summed E-state index contributed by atoms with van der Waals surface area (Å²) in [7, 11) is 3.00. The van der Waals surface area contributed by atoms with Gasteiger partial charge in [0.1, 0.15) is 11.5 Å². The second-order valence-corrected chi connectivity index (χ2v) is 5.68. The van der Waals surface area contributed by atoms with Gasteiger partial charge in [-0.15, -0.1) is 6.58 Å². The summed E-state index contributed by atoms with van der Waals surface area (Å²) in [5.74, 6) is 0.287. The molecule has 0 spiro atoms. The molecule has 1 atom stereocenters. The molecule has 6 nitrogen and oxygen atoms in total. The Bertz CT molecular complexity index is 856.